The third kappa shape index (κ3) is 1.93. The molecule has 0 unspecified atom stereocenters. The number of allylic oxidation sites excluding steroid dienone is 1. The van der Waals surface area contributed by atoms with Crippen LogP contribution in [0.5, 0.6) is 0 Å². The summed E-state index contributed by atoms with van der Waals surface area (Å²) in [5, 5.41) is 19.5. The first kappa shape index (κ1) is 8.52. The van der Waals surface area contributed by atoms with Gasteiger partial charge in [-0.1, -0.05) is 6.08 Å². The largest absolute Gasteiger partial charge is 0.499 e. The molecule has 0 saturated heterocycles. The van der Waals surface area contributed by atoms with Crippen LogP contribution in [0.1, 0.15) is 5.56 Å². The first-order chi connectivity index (χ1) is 5.25. The van der Waals surface area contributed by atoms with Gasteiger partial charge in [0.05, 0.1) is 0 Å². The topological polar surface area (TPSA) is 40.5 Å². The average Bonchev–Trinajstić information content (AvgIpc) is 2.36. The SMILES string of the molecule is C=CCc1ccsc1B(O)O. The predicted octanol–water partition coefficient (Wildman–Crippen LogP) is 0.156. The molecule has 0 aromatic carbocycles. The molecule has 0 bridgehead atoms. The summed E-state index contributed by atoms with van der Waals surface area (Å²) in [4.78, 5) is 0. The van der Waals surface area contributed by atoms with Crippen molar-refractivity contribution in [2.45, 2.75) is 6.42 Å². The van der Waals surface area contributed by atoms with Gasteiger partial charge in [0.15, 0.2) is 0 Å². The Hall–Kier alpha value is -0.575. The van der Waals surface area contributed by atoms with Crippen molar-refractivity contribution in [1.29, 1.82) is 0 Å². The van der Waals surface area contributed by atoms with Crippen molar-refractivity contribution in [3.63, 3.8) is 0 Å². The molecule has 0 fully saturated rings. The highest BCUT2D eigenvalue weighted by atomic mass is 32.1. The Labute approximate surface area is 70.0 Å². The molecule has 0 saturated carbocycles. The van der Waals surface area contributed by atoms with Gasteiger partial charge in [-0.3, -0.25) is 0 Å². The molecule has 2 nitrogen and oxygen atoms in total. The fourth-order valence-corrected chi connectivity index (χ4v) is 1.70. The van der Waals surface area contributed by atoms with E-state index in [1.165, 1.54) is 11.3 Å². The molecule has 0 radical (unpaired) electrons. The van der Waals surface area contributed by atoms with E-state index in [0.717, 1.165) is 5.56 Å². The van der Waals surface area contributed by atoms with E-state index in [9.17, 15) is 0 Å². The zero-order chi connectivity index (χ0) is 8.27. The average molecular weight is 168 g/mol. The maximum absolute atomic E-state index is 8.85. The van der Waals surface area contributed by atoms with E-state index < -0.39 is 7.12 Å². The van der Waals surface area contributed by atoms with Crippen molar-refractivity contribution in [3.8, 4) is 0 Å². The lowest BCUT2D eigenvalue weighted by molar-refractivity contribution is 0.426. The maximum atomic E-state index is 8.85. The standard InChI is InChI=1S/C7H9BO2S/c1-2-3-6-4-5-11-7(6)8(9)10/h2,4-5,9-10H,1,3H2. The van der Waals surface area contributed by atoms with Crippen molar-refractivity contribution in [3.05, 3.63) is 29.7 Å². The summed E-state index contributed by atoms with van der Waals surface area (Å²) in [5.41, 5.74) is 0.944. The van der Waals surface area contributed by atoms with Gasteiger partial charge in [-0.2, -0.15) is 11.3 Å². The van der Waals surface area contributed by atoms with Gasteiger partial charge in [0.1, 0.15) is 0 Å². The molecule has 1 aromatic rings. The highest BCUT2D eigenvalue weighted by Crippen LogP contribution is 2.05. The minimum absolute atomic E-state index is 0.616. The van der Waals surface area contributed by atoms with E-state index >= 15 is 0 Å². The van der Waals surface area contributed by atoms with Crippen molar-refractivity contribution in [2.24, 2.45) is 0 Å². The van der Waals surface area contributed by atoms with Crippen LogP contribution < -0.4 is 4.78 Å². The number of hydrogen-bond acceptors (Lipinski definition) is 3. The molecule has 58 valence electrons. The molecule has 0 aliphatic rings. The molecule has 11 heavy (non-hydrogen) atoms. The van der Waals surface area contributed by atoms with Gasteiger partial charge in [0, 0.05) is 4.78 Å². The quantitative estimate of drug-likeness (QED) is 0.498. The second kappa shape index (κ2) is 3.71. The van der Waals surface area contributed by atoms with Gasteiger partial charge in [-0.25, -0.2) is 0 Å². The minimum atomic E-state index is -1.34. The molecule has 1 rings (SSSR count). The summed E-state index contributed by atoms with van der Waals surface area (Å²) in [6, 6.07) is 1.88. The Balaban J connectivity index is 2.86. The van der Waals surface area contributed by atoms with E-state index in [1.54, 1.807) is 6.08 Å². The van der Waals surface area contributed by atoms with Crippen LogP contribution in [0.15, 0.2) is 24.1 Å². The van der Waals surface area contributed by atoms with Gasteiger partial charge in [-0.05, 0) is 23.4 Å². The third-order valence-electron chi connectivity index (χ3n) is 1.38. The molecule has 0 spiro atoms. The molecule has 1 aromatic heterocycles. The van der Waals surface area contributed by atoms with E-state index in [2.05, 4.69) is 6.58 Å². The zero-order valence-corrected chi connectivity index (χ0v) is 6.84. The van der Waals surface area contributed by atoms with Gasteiger partial charge < -0.3 is 10.0 Å². The lowest BCUT2D eigenvalue weighted by Gasteiger charge is -1.97. The van der Waals surface area contributed by atoms with Crippen LogP contribution in [0.25, 0.3) is 0 Å². The third-order valence-corrected chi connectivity index (χ3v) is 2.38. The Morgan fingerprint density at radius 2 is 2.36 bits per heavy atom. The Morgan fingerprint density at radius 3 is 2.91 bits per heavy atom. The molecule has 0 aliphatic heterocycles. The van der Waals surface area contributed by atoms with Gasteiger partial charge in [-0.15, -0.1) is 6.58 Å². The second-order valence-corrected chi connectivity index (χ2v) is 3.12. The van der Waals surface area contributed by atoms with Crippen LogP contribution in [0, 0.1) is 0 Å². The van der Waals surface area contributed by atoms with Crippen molar-refractivity contribution in [1.82, 2.24) is 0 Å². The van der Waals surface area contributed by atoms with Crippen molar-refractivity contribution in [2.75, 3.05) is 0 Å². The Morgan fingerprint density at radius 1 is 1.64 bits per heavy atom. The first-order valence-corrected chi connectivity index (χ1v) is 4.17. The summed E-state index contributed by atoms with van der Waals surface area (Å²) in [6.07, 6.45) is 2.43. The van der Waals surface area contributed by atoms with Crippen LogP contribution in [0.4, 0.5) is 0 Å². The van der Waals surface area contributed by atoms with Crippen molar-refractivity contribution < 1.29 is 10.0 Å². The number of thiophene rings is 1. The van der Waals surface area contributed by atoms with E-state index in [-0.39, 0.29) is 0 Å². The van der Waals surface area contributed by atoms with Crippen LogP contribution in [0.2, 0.25) is 0 Å². The first-order valence-electron chi connectivity index (χ1n) is 3.29. The second-order valence-electron chi connectivity index (χ2n) is 2.18. The Bertz CT molecular complexity index is 244. The van der Waals surface area contributed by atoms with Gasteiger partial charge in [0.25, 0.3) is 0 Å². The predicted molar refractivity (Wildman–Crippen MR) is 48.0 cm³/mol. The van der Waals surface area contributed by atoms with Crippen LogP contribution in [-0.2, 0) is 6.42 Å². The molecule has 0 aliphatic carbocycles. The summed E-state index contributed by atoms with van der Waals surface area (Å²) in [7, 11) is -1.34. The van der Waals surface area contributed by atoms with Crippen LogP contribution in [-0.4, -0.2) is 17.2 Å². The lowest BCUT2D eigenvalue weighted by Crippen LogP contribution is -2.29. The molecule has 0 atom stereocenters. The number of rotatable bonds is 3. The molecular formula is C7H9BO2S. The highest BCUT2D eigenvalue weighted by Gasteiger charge is 2.15. The Kier molecular flexibility index (Phi) is 2.88. The van der Waals surface area contributed by atoms with Crippen LogP contribution >= 0.6 is 11.3 Å². The summed E-state index contributed by atoms with van der Waals surface area (Å²) < 4.78 is 0.616. The fraction of sp³-hybridized carbons (Fsp3) is 0.143. The van der Waals surface area contributed by atoms with E-state index in [1.807, 2.05) is 11.4 Å². The van der Waals surface area contributed by atoms with Crippen molar-refractivity contribution >= 4 is 23.2 Å². The van der Waals surface area contributed by atoms with Gasteiger partial charge >= 0.3 is 7.12 Å². The van der Waals surface area contributed by atoms with Gasteiger partial charge in [0.2, 0.25) is 0 Å². The normalized spacial score (nSPS) is 9.64. The number of hydrogen-bond donors (Lipinski definition) is 2. The molecule has 2 N–H and O–H groups in total. The fourth-order valence-electron chi connectivity index (χ4n) is 0.898. The maximum Gasteiger partial charge on any atom is 0.499 e. The molecule has 4 heteroatoms. The van der Waals surface area contributed by atoms with E-state index in [4.69, 9.17) is 10.0 Å². The van der Waals surface area contributed by atoms with Crippen LogP contribution in [0.3, 0.4) is 0 Å². The summed E-state index contributed by atoms with van der Waals surface area (Å²) >= 11 is 1.35. The zero-order valence-electron chi connectivity index (χ0n) is 6.03. The monoisotopic (exact) mass is 168 g/mol. The highest BCUT2D eigenvalue weighted by molar-refractivity contribution is 7.20. The minimum Gasteiger partial charge on any atom is -0.423 e. The summed E-state index contributed by atoms with van der Waals surface area (Å²) in [5.74, 6) is 0. The molecule has 1 heterocycles. The smallest absolute Gasteiger partial charge is 0.423 e. The van der Waals surface area contributed by atoms with E-state index in [0.29, 0.717) is 11.2 Å². The molecular weight excluding hydrogens is 159 g/mol. The molecule has 0 amide bonds. The lowest BCUT2D eigenvalue weighted by atomic mass is 9.85. The summed E-state index contributed by atoms with van der Waals surface area (Å²) in [6.45, 7) is 3.58.